The van der Waals surface area contributed by atoms with Gasteiger partial charge in [0.25, 0.3) is 5.91 Å². The second-order valence-corrected chi connectivity index (χ2v) is 4.02. The maximum Gasteiger partial charge on any atom is 0.272 e. The van der Waals surface area contributed by atoms with Crippen molar-refractivity contribution in [3.63, 3.8) is 0 Å². The Balaban J connectivity index is 2.49. The van der Waals surface area contributed by atoms with Crippen LogP contribution in [0.2, 0.25) is 0 Å². The summed E-state index contributed by atoms with van der Waals surface area (Å²) in [5.74, 6) is 0.537. The molecular formula is C13H19N2O2+. The summed E-state index contributed by atoms with van der Waals surface area (Å²) in [6.07, 6.45) is 1.71. The topological polar surface area (TPSA) is 56.8 Å². The SMILES string of the molecule is C=CCOc1ccc(C[NH+](C)CC(N)=O)cc1. The first-order chi connectivity index (χ1) is 8.11. The number of likely N-dealkylation sites (N-methyl/N-ethyl adjacent to an activating group) is 1. The molecule has 1 aromatic rings. The van der Waals surface area contributed by atoms with Gasteiger partial charge in [0, 0.05) is 5.56 Å². The lowest BCUT2D eigenvalue weighted by atomic mass is 10.2. The fourth-order valence-corrected chi connectivity index (χ4v) is 1.57. The average molecular weight is 235 g/mol. The Morgan fingerprint density at radius 2 is 2.12 bits per heavy atom. The summed E-state index contributed by atoms with van der Waals surface area (Å²) in [6, 6.07) is 7.80. The average Bonchev–Trinajstić information content (AvgIpc) is 2.27. The minimum Gasteiger partial charge on any atom is -0.490 e. The molecule has 3 N–H and O–H groups in total. The van der Waals surface area contributed by atoms with E-state index in [1.54, 1.807) is 6.08 Å². The predicted octanol–water partition coefficient (Wildman–Crippen LogP) is -0.249. The fourth-order valence-electron chi connectivity index (χ4n) is 1.57. The predicted molar refractivity (Wildman–Crippen MR) is 66.8 cm³/mol. The highest BCUT2D eigenvalue weighted by molar-refractivity contribution is 5.74. The molecule has 1 unspecified atom stereocenters. The number of nitrogens with one attached hydrogen (secondary N) is 1. The normalized spacial score (nSPS) is 11.8. The van der Waals surface area contributed by atoms with Gasteiger partial charge in [-0.2, -0.15) is 0 Å². The van der Waals surface area contributed by atoms with Crippen LogP contribution in [0.4, 0.5) is 0 Å². The molecule has 4 heteroatoms. The van der Waals surface area contributed by atoms with E-state index < -0.39 is 0 Å². The van der Waals surface area contributed by atoms with Gasteiger partial charge in [0.2, 0.25) is 0 Å². The van der Waals surface area contributed by atoms with Crippen LogP contribution in [0.1, 0.15) is 5.56 Å². The zero-order chi connectivity index (χ0) is 12.7. The molecule has 0 radical (unpaired) electrons. The van der Waals surface area contributed by atoms with Crippen LogP contribution >= 0.6 is 0 Å². The molecule has 0 aromatic heterocycles. The van der Waals surface area contributed by atoms with Crippen LogP contribution in [-0.4, -0.2) is 26.1 Å². The molecule has 1 atom stereocenters. The van der Waals surface area contributed by atoms with E-state index in [0.29, 0.717) is 13.2 Å². The molecule has 1 rings (SSSR count). The fraction of sp³-hybridized carbons (Fsp3) is 0.308. The third kappa shape index (κ3) is 5.17. The molecule has 0 spiro atoms. The van der Waals surface area contributed by atoms with Gasteiger partial charge in [-0.15, -0.1) is 0 Å². The number of benzene rings is 1. The molecule has 92 valence electrons. The maximum atomic E-state index is 10.7. The molecule has 1 aromatic carbocycles. The monoisotopic (exact) mass is 235 g/mol. The number of hydrogen-bond donors (Lipinski definition) is 2. The molecule has 1 amide bonds. The first-order valence-corrected chi connectivity index (χ1v) is 5.54. The molecule has 0 saturated carbocycles. The Hall–Kier alpha value is -1.81. The van der Waals surface area contributed by atoms with E-state index in [2.05, 4.69) is 6.58 Å². The van der Waals surface area contributed by atoms with Gasteiger partial charge in [0.05, 0.1) is 7.05 Å². The maximum absolute atomic E-state index is 10.7. The van der Waals surface area contributed by atoms with E-state index in [1.165, 1.54) is 0 Å². The molecule has 0 fully saturated rings. The number of carbonyl (C=O) groups excluding carboxylic acids is 1. The van der Waals surface area contributed by atoms with Gasteiger partial charge >= 0.3 is 0 Å². The number of quaternary nitrogens is 1. The Kier molecular flexibility index (Phi) is 5.23. The third-order valence-corrected chi connectivity index (χ3v) is 2.27. The third-order valence-electron chi connectivity index (χ3n) is 2.27. The lowest BCUT2D eigenvalue weighted by Gasteiger charge is -2.12. The van der Waals surface area contributed by atoms with E-state index in [4.69, 9.17) is 10.5 Å². The highest BCUT2D eigenvalue weighted by Gasteiger charge is 2.06. The zero-order valence-electron chi connectivity index (χ0n) is 10.1. The Morgan fingerprint density at radius 1 is 1.47 bits per heavy atom. The molecule has 17 heavy (non-hydrogen) atoms. The van der Waals surface area contributed by atoms with E-state index in [9.17, 15) is 4.79 Å². The van der Waals surface area contributed by atoms with E-state index in [1.807, 2.05) is 31.3 Å². The minimum atomic E-state index is -0.284. The Labute approximate surface area is 102 Å². The molecule has 4 nitrogen and oxygen atoms in total. The van der Waals surface area contributed by atoms with Crippen molar-refractivity contribution in [2.45, 2.75) is 6.54 Å². The van der Waals surface area contributed by atoms with E-state index in [-0.39, 0.29) is 5.91 Å². The van der Waals surface area contributed by atoms with Crippen molar-refractivity contribution in [2.75, 3.05) is 20.2 Å². The summed E-state index contributed by atoms with van der Waals surface area (Å²) in [5.41, 5.74) is 6.28. The van der Waals surface area contributed by atoms with Gasteiger partial charge in [0.15, 0.2) is 6.54 Å². The molecule has 0 bridgehead atoms. The smallest absolute Gasteiger partial charge is 0.272 e. The molecule has 0 aliphatic rings. The molecule has 0 aliphatic heterocycles. The van der Waals surface area contributed by atoms with Crippen LogP contribution in [0.15, 0.2) is 36.9 Å². The van der Waals surface area contributed by atoms with Crippen LogP contribution < -0.4 is 15.4 Å². The Morgan fingerprint density at radius 3 is 2.65 bits per heavy atom. The van der Waals surface area contributed by atoms with Gasteiger partial charge in [-0.05, 0) is 24.3 Å². The van der Waals surface area contributed by atoms with Gasteiger partial charge < -0.3 is 15.4 Å². The quantitative estimate of drug-likeness (QED) is 0.640. The first-order valence-electron chi connectivity index (χ1n) is 5.54. The zero-order valence-corrected chi connectivity index (χ0v) is 10.1. The van der Waals surface area contributed by atoms with Gasteiger partial charge in [0.1, 0.15) is 18.9 Å². The molecule has 0 saturated heterocycles. The summed E-state index contributed by atoms with van der Waals surface area (Å²) in [6.45, 7) is 5.20. The van der Waals surface area contributed by atoms with Gasteiger partial charge in [-0.1, -0.05) is 12.7 Å². The lowest BCUT2D eigenvalue weighted by molar-refractivity contribution is -0.885. The van der Waals surface area contributed by atoms with Crippen LogP contribution in [0.25, 0.3) is 0 Å². The molecule has 0 aliphatic carbocycles. The van der Waals surface area contributed by atoms with Crippen molar-refractivity contribution in [2.24, 2.45) is 5.73 Å². The summed E-state index contributed by atoms with van der Waals surface area (Å²) in [7, 11) is 1.94. The van der Waals surface area contributed by atoms with Crippen LogP contribution in [0, 0.1) is 0 Å². The van der Waals surface area contributed by atoms with Gasteiger partial charge in [-0.3, -0.25) is 4.79 Å². The van der Waals surface area contributed by atoms with Crippen LogP contribution in [-0.2, 0) is 11.3 Å². The van der Waals surface area contributed by atoms with E-state index in [0.717, 1.165) is 22.8 Å². The van der Waals surface area contributed by atoms with Crippen molar-refractivity contribution in [1.29, 1.82) is 0 Å². The second kappa shape index (κ2) is 6.70. The largest absolute Gasteiger partial charge is 0.490 e. The summed E-state index contributed by atoms with van der Waals surface area (Å²) in [4.78, 5) is 11.8. The summed E-state index contributed by atoms with van der Waals surface area (Å²) in [5, 5.41) is 0. The lowest BCUT2D eigenvalue weighted by Crippen LogP contribution is -3.08. The number of carbonyl (C=O) groups is 1. The Bertz CT molecular complexity index is 374. The highest BCUT2D eigenvalue weighted by Crippen LogP contribution is 2.11. The standard InChI is InChI=1S/C13H18N2O2/c1-3-8-17-12-6-4-11(5-7-12)9-15(2)10-13(14)16/h3-7H,1,8-10H2,2H3,(H2,14,16)/p+1. The van der Waals surface area contributed by atoms with Crippen LogP contribution in [0.3, 0.4) is 0 Å². The van der Waals surface area contributed by atoms with Crippen LogP contribution in [0.5, 0.6) is 5.75 Å². The first kappa shape index (κ1) is 13.3. The van der Waals surface area contributed by atoms with Crippen molar-refractivity contribution < 1.29 is 14.4 Å². The van der Waals surface area contributed by atoms with Crippen molar-refractivity contribution in [1.82, 2.24) is 0 Å². The number of rotatable bonds is 7. The summed E-state index contributed by atoms with van der Waals surface area (Å²) >= 11 is 0. The number of amides is 1. The number of ether oxygens (including phenoxy) is 1. The van der Waals surface area contributed by atoms with Crippen molar-refractivity contribution >= 4 is 5.91 Å². The molecular weight excluding hydrogens is 216 g/mol. The van der Waals surface area contributed by atoms with E-state index >= 15 is 0 Å². The second-order valence-electron chi connectivity index (χ2n) is 4.02. The number of nitrogens with two attached hydrogens (primary N) is 1. The number of primary amides is 1. The number of hydrogen-bond acceptors (Lipinski definition) is 2. The van der Waals surface area contributed by atoms with Gasteiger partial charge in [-0.25, -0.2) is 0 Å². The van der Waals surface area contributed by atoms with Crippen molar-refractivity contribution in [3.05, 3.63) is 42.5 Å². The molecule has 0 heterocycles. The highest BCUT2D eigenvalue weighted by atomic mass is 16.5. The minimum absolute atomic E-state index is 0.284. The summed E-state index contributed by atoms with van der Waals surface area (Å²) < 4.78 is 5.38. The van der Waals surface area contributed by atoms with Crippen molar-refractivity contribution in [3.8, 4) is 5.75 Å².